The van der Waals surface area contributed by atoms with Crippen molar-refractivity contribution in [3.63, 3.8) is 0 Å². The number of rotatable bonds is 1. The van der Waals surface area contributed by atoms with Crippen LogP contribution in [-0.4, -0.2) is 0 Å². The van der Waals surface area contributed by atoms with E-state index in [2.05, 4.69) is 0 Å². The summed E-state index contributed by atoms with van der Waals surface area (Å²) in [6, 6.07) is 12.7. The second-order valence-corrected chi connectivity index (χ2v) is 5.32. The van der Waals surface area contributed by atoms with Crippen molar-refractivity contribution < 1.29 is 4.42 Å². The summed E-state index contributed by atoms with van der Waals surface area (Å²) in [7, 11) is 0. The molecule has 0 aliphatic rings. The maximum Gasteiger partial charge on any atom is 0.193 e. The maximum absolute atomic E-state index is 12.3. The first-order valence-electron chi connectivity index (χ1n) is 6.36. The van der Waals surface area contributed by atoms with Crippen LogP contribution in [0.2, 0.25) is 5.02 Å². The number of aryl methyl sites for hydroxylation is 2. The molecule has 2 nitrogen and oxygen atoms in total. The Morgan fingerprint density at radius 2 is 1.80 bits per heavy atom. The molecule has 0 aliphatic carbocycles. The normalized spacial score (nSPS) is 10.9. The van der Waals surface area contributed by atoms with Gasteiger partial charge in [-0.2, -0.15) is 0 Å². The van der Waals surface area contributed by atoms with Crippen molar-refractivity contribution >= 4 is 22.6 Å². The number of hydrogen-bond donors (Lipinski definition) is 0. The van der Waals surface area contributed by atoms with E-state index in [1.807, 2.05) is 44.2 Å². The molecule has 0 radical (unpaired) electrons. The first kappa shape index (κ1) is 12.9. The highest BCUT2D eigenvalue weighted by atomic mass is 35.5. The van der Waals surface area contributed by atoms with Gasteiger partial charge in [-0.15, -0.1) is 0 Å². The summed E-state index contributed by atoms with van der Waals surface area (Å²) in [5.41, 5.74) is 3.30. The van der Waals surface area contributed by atoms with Crippen LogP contribution in [0.3, 0.4) is 0 Å². The lowest BCUT2D eigenvalue weighted by molar-refractivity contribution is 0.616. The van der Waals surface area contributed by atoms with Gasteiger partial charge in [0.1, 0.15) is 11.3 Å². The summed E-state index contributed by atoms with van der Waals surface area (Å²) >= 11 is 6.17. The topological polar surface area (TPSA) is 30.2 Å². The van der Waals surface area contributed by atoms with Gasteiger partial charge >= 0.3 is 0 Å². The largest absolute Gasteiger partial charge is 0.455 e. The van der Waals surface area contributed by atoms with Gasteiger partial charge in [-0.1, -0.05) is 29.8 Å². The van der Waals surface area contributed by atoms with Crippen LogP contribution in [0.4, 0.5) is 0 Å². The highest BCUT2D eigenvalue weighted by Crippen LogP contribution is 2.29. The molecule has 0 fully saturated rings. The molecule has 0 amide bonds. The van der Waals surface area contributed by atoms with Crippen LogP contribution >= 0.6 is 11.6 Å². The van der Waals surface area contributed by atoms with Crippen molar-refractivity contribution in [2.24, 2.45) is 0 Å². The average Bonchev–Trinajstić information content (AvgIpc) is 2.40. The van der Waals surface area contributed by atoms with E-state index in [1.165, 1.54) is 6.07 Å². The Labute approximate surface area is 121 Å². The number of benzene rings is 2. The highest BCUT2D eigenvalue weighted by Gasteiger charge is 2.11. The third-order valence-electron chi connectivity index (χ3n) is 3.30. The minimum Gasteiger partial charge on any atom is -0.455 e. The Bertz CT molecular complexity index is 862. The van der Waals surface area contributed by atoms with Gasteiger partial charge in [0.05, 0.1) is 10.4 Å². The first-order valence-corrected chi connectivity index (χ1v) is 6.74. The molecular formula is C17H13ClO2. The van der Waals surface area contributed by atoms with Crippen molar-refractivity contribution in [1.82, 2.24) is 0 Å². The minimum absolute atomic E-state index is 0.0482. The van der Waals surface area contributed by atoms with E-state index in [0.29, 0.717) is 21.8 Å². The summed E-state index contributed by atoms with van der Waals surface area (Å²) in [5.74, 6) is 0.500. The van der Waals surface area contributed by atoms with Crippen molar-refractivity contribution in [3.8, 4) is 11.3 Å². The number of fused-ring (bicyclic) bond motifs is 1. The van der Waals surface area contributed by atoms with Crippen molar-refractivity contribution in [2.75, 3.05) is 0 Å². The smallest absolute Gasteiger partial charge is 0.193 e. The fourth-order valence-corrected chi connectivity index (χ4v) is 2.63. The van der Waals surface area contributed by atoms with Crippen LogP contribution in [0.5, 0.6) is 0 Å². The van der Waals surface area contributed by atoms with Crippen LogP contribution in [0.15, 0.2) is 51.7 Å². The van der Waals surface area contributed by atoms with Crippen LogP contribution in [0, 0.1) is 13.8 Å². The second kappa shape index (κ2) is 4.80. The van der Waals surface area contributed by atoms with E-state index in [4.69, 9.17) is 16.0 Å². The van der Waals surface area contributed by atoms with Gasteiger partial charge in [-0.05, 0) is 43.2 Å². The second-order valence-electron chi connectivity index (χ2n) is 4.91. The molecule has 3 aromatic rings. The van der Waals surface area contributed by atoms with Crippen molar-refractivity contribution in [3.05, 3.63) is 68.8 Å². The average molecular weight is 285 g/mol. The third-order valence-corrected chi connectivity index (χ3v) is 3.63. The van der Waals surface area contributed by atoms with E-state index in [9.17, 15) is 4.79 Å². The Morgan fingerprint density at radius 3 is 2.55 bits per heavy atom. The Hall–Kier alpha value is -2.06. The minimum atomic E-state index is -0.0482. The Morgan fingerprint density at radius 1 is 1.05 bits per heavy atom. The van der Waals surface area contributed by atoms with Crippen molar-refractivity contribution in [2.45, 2.75) is 13.8 Å². The molecule has 0 saturated carbocycles. The Kier molecular flexibility index (Phi) is 3.11. The summed E-state index contributed by atoms with van der Waals surface area (Å²) in [4.78, 5) is 12.3. The van der Waals surface area contributed by atoms with Gasteiger partial charge < -0.3 is 4.42 Å². The van der Waals surface area contributed by atoms with Gasteiger partial charge in [0, 0.05) is 11.6 Å². The molecule has 2 aromatic carbocycles. The molecule has 1 heterocycles. The fraction of sp³-hybridized carbons (Fsp3) is 0.118. The van der Waals surface area contributed by atoms with Crippen LogP contribution < -0.4 is 5.43 Å². The van der Waals surface area contributed by atoms with Gasteiger partial charge in [0.15, 0.2) is 5.43 Å². The van der Waals surface area contributed by atoms with Gasteiger partial charge in [0.2, 0.25) is 0 Å². The van der Waals surface area contributed by atoms with Crippen molar-refractivity contribution in [1.29, 1.82) is 0 Å². The van der Waals surface area contributed by atoms with E-state index < -0.39 is 0 Å². The quantitative estimate of drug-likeness (QED) is 0.646. The molecule has 0 atom stereocenters. The number of hydrogen-bond acceptors (Lipinski definition) is 2. The summed E-state index contributed by atoms with van der Waals surface area (Å²) in [6.07, 6.45) is 0. The zero-order valence-corrected chi connectivity index (χ0v) is 12.0. The van der Waals surface area contributed by atoms with Crippen LogP contribution in [0.25, 0.3) is 22.3 Å². The van der Waals surface area contributed by atoms with E-state index in [-0.39, 0.29) is 5.43 Å². The third kappa shape index (κ3) is 2.12. The molecule has 100 valence electrons. The maximum atomic E-state index is 12.3. The zero-order chi connectivity index (χ0) is 14.3. The molecule has 20 heavy (non-hydrogen) atoms. The predicted molar refractivity (Wildman–Crippen MR) is 82.4 cm³/mol. The zero-order valence-electron chi connectivity index (χ0n) is 11.2. The van der Waals surface area contributed by atoms with Gasteiger partial charge in [0.25, 0.3) is 0 Å². The SMILES string of the molecule is Cc1cc(C)c2oc(-c3ccccc3Cl)cc(=O)c2c1. The molecule has 0 spiro atoms. The molecule has 0 N–H and O–H groups in total. The molecule has 0 unspecified atom stereocenters. The van der Waals surface area contributed by atoms with Gasteiger partial charge in [-0.25, -0.2) is 0 Å². The lowest BCUT2D eigenvalue weighted by atomic mass is 10.1. The van der Waals surface area contributed by atoms with Gasteiger partial charge in [-0.3, -0.25) is 4.79 Å². The lowest BCUT2D eigenvalue weighted by Gasteiger charge is -2.07. The van der Waals surface area contributed by atoms with E-state index in [1.54, 1.807) is 6.07 Å². The fourth-order valence-electron chi connectivity index (χ4n) is 2.40. The molecule has 3 rings (SSSR count). The van der Waals surface area contributed by atoms with Crippen LogP contribution in [0.1, 0.15) is 11.1 Å². The predicted octanol–water partition coefficient (Wildman–Crippen LogP) is 4.73. The molecule has 0 bridgehead atoms. The Balaban J connectivity index is 2.36. The first-order chi connectivity index (χ1) is 9.56. The standard InChI is InChI=1S/C17H13ClO2/c1-10-7-11(2)17-13(8-10)15(19)9-16(20-17)12-5-3-4-6-14(12)18/h3-9H,1-2H3. The molecule has 0 aliphatic heterocycles. The summed E-state index contributed by atoms with van der Waals surface area (Å²) < 4.78 is 5.91. The molecular weight excluding hydrogens is 272 g/mol. The molecule has 3 heteroatoms. The molecule has 0 saturated heterocycles. The van der Waals surface area contributed by atoms with E-state index in [0.717, 1.165) is 16.7 Å². The summed E-state index contributed by atoms with van der Waals surface area (Å²) in [5, 5.41) is 1.18. The summed E-state index contributed by atoms with van der Waals surface area (Å²) in [6.45, 7) is 3.91. The van der Waals surface area contributed by atoms with Crippen LogP contribution in [-0.2, 0) is 0 Å². The highest BCUT2D eigenvalue weighted by molar-refractivity contribution is 6.33. The monoisotopic (exact) mass is 284 g/mol. The lowest BCUT2D eigenvalue weighted by Crippen LogP contribution is -2.02. The molecule has 1 aromatic heterocycles. The van der Waals surface area contributed by atoms with E-state index >= 15 is 0 Å². The number of halogens is 1.